The number of amides is 1. The summed E-state index contributed by atoms with van der Waals surface area (Å²) in [5.41, 5.74) is 5.84. The summed E-state index contributed by atoms with van der Waals surface area (Å²) in [4.78, 5) is 12.0. The molecule has 3 N–H and O–H groups in total. The molecule has 0 radical (unpaired) electrons. The average Bonchev–Trinajstić information content (AvgIpc) is 2.50. The molecule has 1 aliphatic heterocycles. The number of rotatable bonds is 8. The Morgan fingerprint density at radius 1 is 1.45 bits per heavy atom. The molecular formula is C15H30N2O3. The Morgan fingerprint density at radius 3 is 2.70 bits per heavy atom. The van der Waals surface area contributed by atoms with E-state index in [1.807, 2.05) is 13.8 Å². The molecule has 1 fully saturated rings. The molecule has 0 saturated carbocycles. The minimum Gasteiger partial charge on any atom is -0.376 e. The molecule has 1 rings (SSSR count). The summed E-state index contributed by atoms with van der Waals surface area (Å²) < 4.78 is 11.2. The number of hydrogen-bond acceptors (Lipinski definition) is 4. The summed E-state index contributed by atoms with van der Waals surface area (Å²) in [5.74, 6) is -0.0995. The van der Waals surface area contributed by atoms with Crippen LogP contribution in [0.25, 0.3) is 0 Å². The van der Waals surface area contributed by atoms with Crippen molar-refractivity contribution >= 4 is 5.91 Å². The molecule has 5 nitrogen and oxygen atoms in total. The zero-order valence-electron chi connectivity index (χ0n) is 13.1. The van der Waals surface area contributed by atoms with Gasteiger partial charge in [-0.1, -0.05) is 13.8 Å². The van der Waals surface area contributed by atoms with Crippen molar-refractivity contribution in [3.8, 4) is 0 Å². The van der Waals surface area contributed by atoms with E-state index < -0.39 is 6.10 Å². The van der Waals surface area contributed by atoms with Crippen LogP contribution in [0.3, 0.4) is 0 Å². The van der Waals surface area contributed by atoms with Gasteiger partial charge in [-0.2, -0.15) is 0 Å². The second-order valence-corrected chi connectivity index (χ2v) is 5.75. The van der Waals surface area contributed by atoms with E-state index in [1.165, 1.54) is 6.42 Å². The fourth-order valence-electron chi connectivity index (χ4n) is 2.17. The number of nitrogens with two attached hydrogens (primary N) is 1. The van der Waals surface area contributed by atoms with E-state index in [4.69, 9.17) is 15.2 Å². The molecule has 1 aliphatic rings. The van der Waals surface area contributed by atoms with Crippen molar-refractivity contribution in [1.29, 1.82) is 0 Å². The fourth-order valence-corrected chi connectivity index (χ4v) is 2.17. The first kappa shape index (κ1) is 17.4. The van der Waals surface area contributed by atoms with Gasteiger partial charge in [0.15, 0.2) is 0 Å². The Bertz CT molecular complexity index is 287. The van der Waals surface area contributed by atoms with Crippen LogP contribution < -0.4 is 11.1 Å². The standard InChI is InChI=1S/C15H30N2O3/c1-4-15(16,5-2)11-17-14(18)12(3)20-10-13-8-6-7-9-19-13/h12-13H,4-11,16H2,1-3H3,(H,17,18). The van der Waals surface area contributed by atoms with Crippen LogP contribution in [-0.2, 0) is 14.3 Å². The van der Waals surface area contributed by atoms with Gasteiger partial charge in [0.25, 0.3) is 0 Å². The first-order valence-electron chi connectivity index (χ1n) is 7.80. The predicted octanol–water partition coefficient (Wildman–Crippen LogP) is 1.59. The van der Waals surface area contributed by atoms with Gasteiger partial charge < -0.3 is 20.5 Å². The van der Waals surface area contributed by atoms with Gasteiger partial charge in [-0.15, -0.1) is 0 Å². The van der Waals surface area contributed by atoms with Crippen LogP contribution in [0.15, 0.2) is 0 Å². The molecule has 0 aromatic carbocycles. The second kappa shape index (κ2) is 8.60. The molecule has 5 heteroatoms. The number of nitrogens with one attached hydrogen (secondary N) is 1. The summed E-state index contributed by atoms with van der Waals surface area (Å²) in [6, 6.07) is 0. The van der Waals surface area contributed by atoms with Gasteiger partial charge in [0.05, 0.1) is 12.7 Å². The highest BCUT2D eigenvalue weighted by molar-refractivity contribution is 5.80. The third kappa shape index (κ3) is 5.77. The lowest BCUT2D eigenvalue weighted by molar-refractivity contribution is -0.135. The maximum absolute atomic E-state index is 12.0. The SMILES string of the molecule is CCC(N)(CC)CNC(=O)C(C)OCC1CCCCO1. The minimum absolute atomic E-state index is 0.0995. The molecule has 0 aromatic rings. The van der Waals surface area contributed by atoms with Crippen LogP contribution in [0.2, 0.25) is 0 Å². The van der Waals surface area contributed by atoms with Crippen molar-refractivity contribution in [2.45, 2.75) is 70.6 Å². The smallest absolute Gasteiger partial charge is 0.248 e. The minimum atomic E-state index is -0.460. The van der Waals surface area contributed by atoms with Gasteiger partial charge in [-0.05, 0) is 39.0 Å². The van der Waals surface area contributed by atoms with Crippen molar-refractivity contribution in [3.05, 3.63) is 0 Å². The number of ether oxygens (including phenoxy) is 2. The van der Waals surface area contributed by atoms with Crippen molar-refractivity contribution in [2.24, 2.45) is 5.73 Å². The van der Waals surface area contributed by atoms with E-state index in [1.54, 1.807) is 6.92 Å². The van der Waals surface area contributed by atoms with Crippen molar-refractivity contribution in [3.63, 3.8) is 0 Å². The second-order valence-electron chi connectivity index (χ2n) is 5.75. The highest BCUT2D eigenvalue weighted by Gasteiger charge is 2.23. The largest absolute Gasteiger partial charge is 0.376 e. The Labute approximate surface area is 122 Å². The van der Waals surface area contributed by atoms with E-state index >= 15 is 0 Å². The molecule has 0 bridgehead atoms. The Hall–Kier alpha value is -0.650. The third-order valence-electron chi connectivity index (χ3n) is 4.20. The van der Waals surface area contributed by atoms with Crippen LogP contribution in [-0.4, -0.2) is 43.4 Å². The lowest BCUT2D eigenvalue weighted by Gasteiger charge is -2.28. The van der Waals surface area contributed by atoms with Crippen molar-refractivity contribution < 1.29 is 14.3 Å². The number of carbonyl (C=O) groups is 1. The molecule has 118 valence electrons. The van der Waals surface area contributed by atoms with Crippen molar-refractivity contribution in [2.75, 3.05) is 19.8 Å². The molecule has 2 atom stereocenters. The normalized spacial score (nSPS) is 21.5. The van der Waals surface area contributed by atoms with Crippen LogP contribution in [0, 0.1) is 0 Å². The first-order chi connectivity index (χ1) is 9.50. The number of hydrogen-bond donors (Lipinski definition) is 2. The summed E-state index contributed by atoms with van der Waals surface area (Å²) in [6.45, 7) is 7.63. The van der Waals surface area contributed by atoms with Crippen molar-refractivity contribution in [1.82, 2.24) is 5.32 Å². The van der Waals surface area contributed by atoms with Gasteiger partial charge >= 0.3 is 0 Å². The maximum atomic E-state index is 12.0. The zero-order valence-corrected chi connectivity index (χ0v) is 13.1. The van der Waals surface area contributed by atoms with Crippen LogP contribution in [0.4, 0.5) is 0 Å². The van der Waals surface area contributed by atoms with E-state index in [9.17, 15) is 4.79 Å². The van der Waals surface area contributed by atoms with E-state index in [2.05, 4.69) is 5.32 Å². The molecule has 1 heterocycles. The Morgan fingerprint density at radius 2 is 2.15 bits per heavy atom. The molecule has 1 amide bonds. The van der Waals surface area contributed by atoms with Gasteiger partial charge in [0.2, 0.25) is 5.91 Å². The summed E-state index contributed by atoms with van der Waals surface area (Å²) >= 11 is 0. The van der Waals surface area contributed by atoms with Gasteiger partial charge in [0, 0.05) is 18.7 Å². The molecular weight excluding hydrogens is 256 g/mol. The molecule has 0 aromatic heterocycles. The van der Waals surface area contributed by atoms with Crippen LogP contribution >= 0.6 is 0 Å². The maximum Gasteiger partial charge on any atom is 0.248 e. The lowest BCUT2D eigenvalue weighted by Crippen LogP contribution is -2.51. The highest BCUT2D eigenvalue weighted by atomic mass is 16.5. The average molecular weight is 286 g/mol. The number of carbonyl (C=O) groups excluding carboxylic acids is 1. The first-order valence-corrected chi connectivity index (χ1v) is 7.80. The molecule has 1 saturated heterocycles. The Balaban J connectivity index is 2.24. The topological polar surface area (TPSA) is 73.6 Å². The Kier molecular flexibility index (Phi) is 7.48. The van der Waals surface area contributed by atoms with E-state index in [-0.39, 0.29) is 17.6 Å². The van der Waals surface area contributed by atoms with Crippen LogP contribution in [0.1, 0.15) is 52.9 Å². The molecule has 20 heavy (non-hydrogen) atoms. The third-order valence-corrected chi connectivity index (χ3v) is 4.20. The van der Waals surface area contributed by atoms with E-state index in [0.717, 1.165) is 32.3 Å². The van der Waals surface area contributed by atoms with Crippen LogP contribution in [0.5, 0.6) is 0 Å². The summed E-state index contributed by atoms with van der Waals surface area (Å²) in [6.07, 6.45) is 4.68. The quantitative estimate of drug-likeness (QED) is 0.711. The monoisotopic (exact) mass is 286 g/mol. The van der Waals surface area contributed by atoms with Gasteiger partial charge in [-0.25, -0.2) is 0 Å². The van der Waals surface area contributed by atoms with Gasteiger partial charge in [0.1, 0.15) is 6.10 Å². The highest BCUT2D eigenvalue weighted by Crippen LogP contribution is 2.13. The molecule has 0 aliphatic carbocycles. The molecule has 0 spiro atoms. The fraction of sp³-hybridized carbons (Fsp3) is 0.933. The van der Waals surface area contributed by atoms with Gasteiger partial charge in [-0.3, -0.25) is 4.79 Å². The summed E-state index contributed by atoms with van der Waals surface area (Å²) in [5, 5.41) is 2.88. The molecule has 2 unspecified atom stereocenters. The summed E-state index contributed by atoms with van der Waals surface area (Å²) in [7, 11) is 0. The lowest BCUT2D eigenvalue weighted by atomic mass is 9.94. The zero-order chi connectivity index (χ0) is 15.0. The van der Waals surface area contributed by atoms with E-state index in [0.29, 0.717) is 13.2 Å². The predicted molar refractivity (Wildman–Crippen MR) is 79.5 cm³/mol.